The number of likely N-dealkylation sites (N-methyl/N-ethyl adjacent to an activating group) is 1. The van der Waals surface area contributed by atoms with E-state index in [0.717, 1.165) is 44.0 Å². The number of nitro groups is 1. The van der Waals surface area contributed by atoms with Crippen LogP contribution in [0.25, 0.3) is 11.1 Å². The van der Waals surface area contributed by atoms with E-state index in [1.165, 1.54) is 6.07 Å². The Labute approximate surface area is 182 Å². The van der Waals surface area contributed by atoms with Gasteiger partial charge in [-0.15, -0.1) is 0 Å². The Hall–Kier alpha value is -2.55. The van der Waals surface area contributed by atoms with E-state index >= 15 is 4.39 Å². The molecule has 2 aromatic carbocycles. The Morgan fingerprint density at radius 2 is 1.90 bits per heavy atom. The predicted molar refractivity (Wildman–Crippen MR) is 119 cm³/mol. The Kier molecular flexibility index (Phi) is 6.50. The summed E-state index contributed by atoms with van der Waals surface area (Å²) >= 11 is 0. The Morgan fingerprint density at radius 1 is 1.13 bits per heavy atom. The number of halogens is 1. The zero-order valence-corrected chi connectivity index (χ0v) is 18.1. The summed E-state index contributed by atoms with van der Waals surface area (Å²) in [6.45, 7) is 8.24. The van der Waals surface area contributed by atoms with Crippen LogP contribution in [0.1, 0.15) is 12.5 Å². The van der Waals surface area contributed by atoms with Gasteiger partial charge in [0, 0.05) is 68.7 Å². The van der Waals surface area contributed by atoms with Gasteiger partial charge in [-0.3, -0.25) is 15.0 Å². The summed E-state index contributed by atoms with van der Waals surface area (Å²) in [6, 6.07) is 10.5. The summed E-state index contributed by atoms with van der Waals surface area (Å²) in [4.78, 5) is 17.8. The highest BCUT2D eigenvalue weighted by Crippen LogP contribution is 2.31. The fourth-order valence-corrected chi connectivity index (χ4v) is 4.26. The largest absolute Gasteiger partial charge is 0.379 e. The van der Waals surface area contributed by atoms with Gasteiger partial charge in [-0.1, -0.05) is 0 Å². The number of hydrogen-bond donors (Lipinski definition) is 0. The van der Waals surface area contributed by atoms with Gasteiger partial charge in [0.1, 0.15) is 5.82 Å². The highest BCUT2D eigenvalue weighted by molar-refractivity contribution is 5.70. The lowest BCUT2D eigenvalue weighted by molar-refractivity contribution is -0.384. The van der Waals surface area contributed by atoms with Crippen molar-refractivity contribution in [3.8, 4) is 11.1 Å². The van der Waals surface area contributed by atoms with Crippen LogP contribution in [0, 0.1) is 15.9 Å². The molecule has 31 heavy (non-hydrogen) atoms. The van der Waals surface area contributed by atoms with Crippen LogP contribution in [0.4, 0.5) is 15.8 Å². The van der Waals surface area contributed by atoms with Gasteiger partial charge in [0.05, 0.1) is 18.1 Å². The van der Waals surface area contributed by atoms with Crippen molar-refractivity contribution in [1.29, 1.82) is 0 Å². The molecule has 0 aliphatic carbocycles. The highest BCUT2D eigenvalue weighted by Gasteiger charge is 2.22. The monoisotopic (exact) mass is 428 g/mol. The van der Waals surface area contributed by atoms with E-state index in [1.54, 1.807) is 18.2 Å². The lowest BCUT2D eigenvalue weighted by Gasteiger charge is -2.39. The second kappa shape index (κ2) is 9.30. The van der Waals surface area contributed by atoms with Crippen LogP contribution in [0.3, 0.4) is 0 Å². The van der Waals surface area contributed by atoms with Crippen molar-refractivity contribution in [3.63, 3.8) is 0 Å². The van der Waals surface area contributed by atoms with Gasteiger partial charge in [-0.2, -0.15) is 0 Å². The lowest BCUT2D eigenvalue weighted by atomic mass is 10.00. The molecule has 0 saturated carbocycles. The number of nitrogens with zero attached hydrogens (tertiary/aromatic N) is 4. The highest BCUT2D eigenvalue weighted by atomic mass is 19.1. The summed E-state index contributed by atoms with van der Waals surface area (Å²) < 4.78 is 20.5. The first-order valence-corrected chi connectivity index (χ1v) is 10.7. The van der Waals surface area contributed by atoms with Gasteiger partial charge in [-0.05, 0) is 49.4 Å². The van der Waals surface area contributed by atoms with Crippen molar-refractivity contribution in [3.05, 3.63) is 57.9 Å². The van der Waals surface area contributed by atoms with E-state index in [1.807, 2.05) is 12.1 Å². The van der Waals surface area contributed by atoms with E-state index in [2.05, 4.69) is 28.7 Å². The molecule has 0 radical (unpaired) electrons. The molecule has 0 unspecified atom stereocenters. The van der Waals surface area contributed by atoms with Crippen molar-refractivity contribution in [1.82, 2.24) is 9.80 Å². The smallest absolute Gasteiger partial charge is 0.270 e. The van der Waals surface area contributed by atoms with Gasteiger partial charge in [0.15, 0.2) is 0 Å². The quantitative estimate of drug-likeness (QED) is 0.538. The first-order chi connectivity index (χ1) is 14.9. The Balaban J connectivity index is 1.61. The number of morpholine rings is 1. The van der Waals surface area contributed by atoms with Gasteiger partial charge in [-0.25, -0.2) is 4.39 Å². The number of anilines is 1. The van der Waals surface area contributed by atoms with E-state index < -0.39 is 4.92 Å². The minimum absolute atomic E-state index is 0.0165. The number of benzene rings is 2. The van der Waals surface area contributed by atoms with E-state index in [0.29, 0.717) is 36.9 Å². The SMILES string of the molecule is C[C@@H]1CN(c2ccc(-c3cc(CN4CCOCC4)cc([N+](=O)[O-])c3)c(F)c2)CCN1C. The minimum Gasteiger partial charge on any atom is -0.379 e. The fraction of sp³-hybridized carbons (Fsp3) is 0.478. The molecule has 4 rings (SSSR count). The van der Waals surface area contributed by atoms with Crippen molar-refractivity contribution in [2.24, 2.45) is 0 Å². The molecule has 2 aliphatic rings. The third-order valence-electron chi connectivity index (χ3n) is 6.29. The number of nitro benzene ring substituents is 1. The van der Waals surface area contributed by atoms with Crippen LogP contribution in [0.15, 0.2) is 36.4 Å². The standard InChI is InChI=1S/C23H29FN4O3/c1-17-15-27(6-5-25(17)2)20-3-4-22(23(24)14-20)19-11-18(12-21(13-19)28(29)30)16-26-7-9-31-10-8-26/h3-4,11-14,17H,5-10,15-16H2,1-2H3/t17-/m1/s1. The Morgan fingerprint density at radius 3 is 2.58 bits per heavy atom. The topological polar surface area (TPSA) is 62.1 Å². The number of rotatable bonds is 5. The zero-order valence-electron chi connectivity index (χ0n) is 18.1. The molecule has 0 bridgehead atoms. The number of piperazine rings is 1. The van der Waals surface area contributed by atoms with Gasteiger partial charge >= 0.3 is 0 Å². The summed E-state index contributed by atoms with van der Waals surface area (Å²) in [5.74, 6) is -0.359. The minimum atomic E-state index is -0.412. The van der Waals surface area contributed by atoms with Crippen LogP contribution < -0.4 is 4.90 Å². The molecule has 2 aliphatic heterocycles. The van der Waals surface area contributed by atoms with Crippen molar-refractivity contribution >= 4 is 11.4 Å². The van der Waals surface area contributed by atoms with Crippen LogP contribution in [-0.4, -0.2) is 73.8 Å². The van der Waals surface area contributed by atoms with Crippen molar-refractivity contribution < 1.29 is 14.1 Å². The second-order valence-electron chi connectivity index (χ2n) is 8.47. The maximum Gasteiger partial charge on any atom is 0.270 e. The molecule has 0 aromatic heterocycles. The number of hydrogen-bond acceptors (Lipinski definition) is 6. The molecule has 1 atom stereocenters. The zero-order chi connectivity index (χ0) is 22.0. The molecule has 7 nitrogen and oxygen atoms in total. The molecule has 8 heteroatoms. The van der Waals surface area contributed by atoms with E-state index in [9.17, 15) is 10.1 Å². The lowest BCUT2D eigenvalue weighted by Crippen LogP contribution is -2.50. The number of non-ortho nitro benzene ring substituents is 1. The van der Waals surface area contributed by atoms with Crippen LogP contribution in [0.5, 0.6) is 0 Å². The average Bonchev–Trinajstić information content (AvgIpc) is 2.76. The van der Waals surface area contributed by atoms with Gasteiger partial charge < -0.3 is 14.5 Å². The third kappa shape index (κ3) is 5.03. The average molecular weight is 429 g/mol. The van der Waals surface area contributed by atoms with Crippen molar-refractivity contribution in [2.75, 3.05) is 57.9 Å². The van der Waals surface area contributed by atoms with Crippen molar-refractivity contribution in [2.45, 2.75) is 19.5 Å². The summed E-state index contributed by atoms with van der Waals surface area (Å²) in [5.41, 5.74) is 2.56. The first kappa shape index (κ1) is 21.7. The summed E-state index contributed by atoms with van der Waals surface area (Å²) in [5, 5.41) is 11.5. The summed E-state index contributed by atoms with van der Waals surface area (Å²) in [7, 11) is 2.10. The summed E-state index contributed by atoms with van der Waals surface area (Å²) in [6.07, 6.45) is 0. The fourth-order valence-electron chi connectivity index (χ4n) is 4.26. The van der Waals surface area contributed by atoms with Gasteiger partial charge in [0.2, 0.25) is 0 Å². The molecule has 0 amide bonds. The molecule has 0 N–H and O–H groups in total. The maximum absolute atomic E-state index is 15.2. The molecule has 2 fully saturated rings. The maximum atomic E-state index is 15.2. The molecular weight excluding hydrogens is 399 g/mol. The first-order valence-electron chi connectivity index (χ1n) is 10.7. The van der Waals surface area contributed by atoms with Crippen LogP contribution >= 0.6 is 0 Å². The molecule has 166 valence electrons. The van der Waals surface area contributed by atoms with Gasteiger partial charge in [0.25, 0.3) is 5.69 Å². The molecule has 2 heterocycles. The molecule has 2 saturated heterocycles. The normalized spacial score (nSPS) is 20.7. The Bertz CT molecular complexity index is 948. The molecule has 0 spiro atoms. The predicted octanol–water partition coefficient (Wildman–Crippen LogP) is 3.37. The number of ether oxygens (including phenoxy) is 1. The van der Waals surface area contributed by atoms with E-state index in [-0.39, 0.29) is 11.5 Å². The third-order valence-corrected chi connectivity index (χ3v) is 6.29. The second-order valence-corrected chi connectivity index (χ2v) is 8.47. The van der Waals surface area contributed by atoms with Crippen LogP contribution in [-0.2, 0) is 11.3 Å². The van der Waals surface area contributed by atoms with Crippen LogP contribution in [0.2, 0.25) is 0 Å². The molecular formula is C23H29FN4O3. The van der Waals surface area contributed by atoms with E-state index in [4.69, 9.17) is 4.74 Å². The molecule has 2 aromatic rings.